The van der Waals surface area contributed by atoms with Gasteiger partial charge in [0.1, 0.15) is 23.6 Å². The van der Waals surface area contributed by atoms with Crippen LogP contribution in [0.5, 0.6) is 11.5 Å². The average Bonchev–Trinajstić information content (AvgIpc) is 3.18. The van der Waals surface area contributed by atoms with Crippen LogP contribution in [0.1, 0.15) is 20.3 Å². The number of aliphatic hydroxyl groups excluding tert-OH is 1. The predicted molar refractivity (Wildman–Crippen MR) is 124 cm³/mol. The molecule has 0 radical (unpaired) electrons. The van der Waals surface area contributed by atoms with Gasteiger partial charge >= 0.3 is 0 Å². The Bertz CT molecular complexity index is 1220. The number of nitrogen functional groups attached to an aromatic ring is 1. The molecule has 0 fully saturated rings. The van der Waals surface area contributed by atoms with E-state index in [1.54, 1.807) is 4.68 Å². The molecule has 8 nitrogen and oxygen atoms in total. The highest BCUT2D eigenvalue weighted by atomic mass is 16.5. The lowest BCUT2D eigenvalue weighted by atomic mass is 10.1. The second-order valence-corrected chi connectivity index (χ2v) is 7.39. The summed E-state index contributed by atoms with van der Waals surface area (Å²) in [5, 5.41) is 12.0. The molecule has 0 aliphatic rings. The lowest BCUT2D eigenvalue weighted by Crippen LogP contribution is -2.48. The lowest BCUT2D eigenvalue weighted by molar-refractivity contribution is -0.118. The third kappa shape index (κ3) is 4.00. The van der Waals surface area contributed by atoms with Gasteiger partial charge in [0.05, 0.1) is 18.0 Å². The summed E-state index contributed by atoms with van der Waals surface area (Å²) in [6.07, 6.45) is 3.76. The van der Waals surface area contributed by atoms with E-state index in [4.69, 9.17) is 10.5 Å². The van der Waals surface area contributed by atoms with Gasteiger partial charge in [0.2, 0.25) is 5.91 Å². The van der Waals surface area contributed by atoms with E-state index in [0.717, 1.165) is 16.9 Å². The number of carbonyl (C=O) groups is 1. The molecule has 0 aliphatic carbocycles. The minimum Gasteiger partial charge on any atom is -0.457 e. The molecule has 3 N–H and O–H groups in total. The van der Waals surface area contributed by atoms with Crippen molar-refractivity contribution in [3.63, 3.8) is 0 Å². The Labute approximate surface area is 185 Å². The lowest BCUT2D eigenvalue weighted by Gasteiger charge is -2.29. The molecule has 1 unspecified atom stereocenters. The third-order valence-electron chi connectivity index (χ3n) is 5.32. The Kier molecular flexibility index (Phi) is 6.04. The van der Waals surface area contributed by atoms with Gasteiger partial charge in [-0.1, -0.05) is 37.3 Å². The van der Waals surface area contributed by atoms with E-state index in [9.17, 15) is 9.90 Å². The van der Waals surface area contributed by atoms with Gasteiger partial charge in [-0.15, -0.1) is 0 Å². The monoisotopic (exact) mass is 431 g/mol. The fraction of sp³-hybridized carbons (Fsp3) is 0.208. The van der Waals surface area contributed by atoms with Crippen LogP contribution in [0.4, 0.5) is 5.82 Å². The molecule has 8 heteroatoms. The van der Waals surface area contributed by atoms with Crippen molar-refractivity contribution in [2.24, 2.45) is 0 Å². The number of benzene rings is 2. The molecular weight excluding hydrogens is 406 g/mol. The number of nitrogens with two attached hydrogens (primary N) is 1. The van der Waals surface area contributed by atoms with E-state index in [1.807, 2.05) is 67.7 Å². The molecule has 0 saturated heterocycles. The standard InChI is InChI=1S/C24H25N5O3/c1-3-18(14-30)29(16(2)31)28-13-21(22-23(25)26-15-27-24(22)28)17-9-11-20(12-10-17)32-19-7-5-4-6-8-19/h4-13,15,18,30H,3,14H2,1-2H3,(H2,25,26,27). The Morgan fingerprint density at radius 2 is 1.81 bits per heavy atom. The zero-order chi connectivity index (χ0) is 22.7. The molecule has 0 saturated carbocycles. The minimum atomic E-state index is -0.395. The van der Waals surface area contributed by atoms with Gasteiger partial charge in [-0.3, -0.25) is 4.79 Å². The Morgan fingerprint density at radius 1 is 1.12 bits per heavy atom. The summed E-state index contributed by atoms with van der Waals surface area (Å²) in [6, 6.07) is 16.7. The molecule has 0 bridgehead atoms. The van der Waals surface area contributed by atoms with E-state index in [0.29, 0.717) is 29.0 Å². The summed E-state index contributed by atoms with van der Waals surface area (Å²) in [6.45, 7) is 3.21. The van der Waals surface area contributed by atoms with Gasteiger partial charge < -0.3 is 15.6 Å². The summed E-state index contributed by atoms with van der Waals surface area (Å²) in [5.41, 5.74) is 8.37. The van der Waals surface area contributed by atoms with Crippen LogP contribution in [-0.4, -0.2) is 38.3 Å². The van der Waals surface area contributed by atoms with Crippen LogP contribution in [0.25, 0.3) is 22.2 Å². The first-order valence-corrected chi connectivity index (χ1v) is 10.4. The normalized spacial score (nSPS) is 12.0. The third-order valence-corrected chi connectivity index (χ3v) is 5.32. The Morgan fingerprint density at radius 3 is 2.44 bits per heavy atom. The average molecular weight is 431 g/mol. The molecule has 0 spiro atoms. The SMILES string of the molecule is CCC(CO)N(C(C)=O)n1cc(-c2ccc(Oc3ccccc3)cc2)c2c(N)ncnc21. The van der Waals surface area contributed by atoms with Gasteiger partial charge in [0.15, 0.2) is 5.65 Å². The molecule has 32 heavy (non-hydrogen) atoms. The number of nitrogens with zero attached hydrogens (tertiary/aromatic N) is 4. The van der Waals surface area contributed by atoms with Crippen LogP contribution in [0.15, 0.2) is 67.1 Å². The predicted octanol–water partition coefficient (Wildman–Crippen LogP) is 3.73. The summed E-state index contributed by atoms with van der Waals surface area (Å²) in [5.74, 6) is 1.55. The first kappa shape index (κ1) is 21.3. The van der Waals surface area contributed by atoms with E-state index in [2.05, 4.69) is 9.97 Å². The van der Waals surface area contributed by atoms with E-state index < -0.39 is 6.04 Å². The summed E-state index contributed by atoms with van der Waals surface area (Å²) < 4.78 is 7.54. The molecule has 1 atom stereocenters. The van der Waals surface area contributed by atoms with Crippen molar-refractivity contribution in [2.75, 3.05) is 17.3 Å². The second kappa shape index (κ2) is 9.07. The summed E-state index contributed by atoms with van der Waals surface area (Å²) >= 11 is 0. The molecule has 2 aromatic heterocycles. The highest BCUT2D eigenvalue weighted by Crippen LogP contribution is 2.34. The number of para-hydroxylation sites is 1. The van der Waals surface area contributed by atoms with Gasteiger partial charge in [0, 0.05) is 18.7 Å². The Hall–Kier alpha value is -3.91. The van der Waals surface area contributed by atoms with Crippen LogP contribution in [0, 0.1) is 0 Å². The van der Waals surface area contributed by atoms with Crippen molar-refractivity contribution < 1.29 is 14.6 Å². The fourth-order valence-corrected chi connectivity index (χ4v) is 3.74. The zero-order valence-electron chi connectivity index (χ0n) is 18.0. The van der Waals surface area contributed by atoms with Crippen molar-refractivity contribution in [1.82, 2.24) is 14.6 Å². The first-order chi connectivity index (χ1) is 15.5. The van der Waals surface area contributed by atoms with Crippen LogP contribution >= 0.6 is 0 Å². The van der Waals surface area contributed by atoms with Gasteiger partial charge in [-0.25, -0.2) is 19.7 Å². The Balaban J connectivity index is 1.79. The molecule has 2 heterocycles. The fourth-order valence-electron chi connectivity index (χ4n) is 3.74. The number of fused-ring (bicyclic) bond motifs is 1. The number of anilines is 1. The minimum absolute atomic E-state index is 0.169. The first-order valence-electron chi connectivity index (χ1n) is 10.4. The van der Waals surface area contributed by atoms with Crippen LogP contribution in [0.3, 0.4) is 0 Å². The number of aromatic nitrogens is 3. The smallest absolute Gasteiger partial charge is 0.238 e. The molecule has 1 amide bonds. The van der Waals surface area contributed by atoms with Gasteiger partial charge in [0.25, 0.3) is 0 Å². The molecule has 4 aromatic rings. The summed E-state index contributed by atoms with van der Waals surface area (Å²) in [4.78, 5) is 21.0. The molecule has 0 aliphatic heterocycles. The second-order valence-electron chi connectivity index (χ2n) is 7.39. The number of ether oxygens (including phenoxy) is 1. The molecule has 4 rings (SSSR count). The maximum Gasteiger partial charge on any atom is 0.238 e. The highest BCUT2D eigenvalue weighted by Gasteiger charge is 2.25. The van der Waals surface area contributed by atoms with E-state index >= 15 is 0 Å². The number of hydrogen-bond donors (Lipinski definition) is 2. The maximum atomic E-state index is 12.5. The van der Waals surface area contributed by atoms with E-state index in [-0.39, 0.29) is 12.5 Å². The van der Waals surface area contributed by atoms with Crippen molar-refractivity contribution in [3.05, 3.63) is 67.1 Å². The van der Waals surface area contributed by atoms with Gasteiger partial charge in [-0.05, 0) is 36.2 Å². The van der Waals surface area contributed by atoms with Crippen molar-refractivity contribution in [1.29, 1.82) is 0 Å². The van der Waals surface area contributed by atoms with E-state index in [1.165, 1.54) is 18.3 Å². The number of rotatable bonds is 7. The zero-order valence-corrected chi connectivity index (χ0v) is 18.0. The molecule has 2 aromatic carbocycles. The topological polar surface area (TPSA) is 106 Å². The van der Waals surface area contributed by atoms with Crippen molar-refractivity contribution in [2.45, 2.75) is 26.3 Å². The summed E-state index contributed by atoms with van der Waals surface area (Å²) in [7, 11) is 0. The van der Waals surface area contributed by atoms with Gasteiger partial charge in [-0.2, -0.15) is 0 Å². The molecule has 164 valence electrons. The quantitative estimate of drug-likeness (QED) is 0.462. The number of aliphatic hydroxyl groups is 1. The largest absolute Gasteiger partial charge is 0.457 e. The number of hydrogen-bond acceptors (Lipinski definition) is 6. The van der Waals surface area contributed by atoms with Crippen LogP contribution in [-0.2, 0) is 4.79 Å². The highest BCUT2D eigenvalue weighted by molar-refractivity contribution is 6.02. The number of carbonyl (C=O) groups excluding carboxylic acids is 1. The molecular formula is C24H25N5O3. The maximum absolute atomic E-state index is 12.5. The van der Waals surface area contributed by atoms with Crippen LogP contribution in [0.2, 0.25) is 0 Å². The van der Waals surface area contributed by atoms with Crippen molar-refractivity contribution in [3.8, 4) is 22.6 Å². The number of amides is 1. The van der Waals surface area contributed by atoms with Crippen LogP contribution < -0.4 is 15.5 Å². The van der Waals surface area contributed by atoms with Crippen molar-refractivity contribution >= 4 is 22.8 Å².